The second kappa shape index (κ2) is 10.1. The molecule has 3 heterocycles. The van der Waals surface area contributed by atoms with Crippen LogP contribution in [0.3, 0.4) is 0 Å². The Morgan fingerprint density at radius 3 is 2.61 bits per heavy atom. The highest BCUT2D eigenvalue weighted by atomic mass is 35.5. The first-order valence-corrected chi connectivity index (χ1v) is 11.2. The predicted molar refractivity (Wildman–Crippen MR) is 114 cm³/mol. The highest BCUT2D eigenvalue weighted by Crippen LogP contribution is 2.26. The van der Waals surface area contributed by atoms with Crippen molar-refractivity contribution in [1.29, 1.82) is 0 Å². The summed E-state index contributed by atoms with van der Waals surface area (Å²) in [6, 6.07) is 6.82. The highest BCUT2D eigenvalue weighted by molar-refractivity contribution is 7.93. The van der Waals surface area contributed by atoms with Gasteiger partial charge in [0.25, 0.3) is 0 Å². The number of ether oxygens (including phenoxy) is 2. The van der Waals surface area contributed by atoms with Crippen LogP contribution in [0.15, 0.2) is 36.7 Å². The number of methoxy groups -OCH3 is 2. The van der Waals surface area contributed by atoms with Crippen molar-refractivity contribution in [3.8, 4) is 11.5 Å². The van der Waals surface area contributed by atoms with E-state index < -0.39 is 21.4 Å². The molecule has 0 aromatic carbocycles. The summed E-state index contributed by atoms with van der Waals surface area (Å²) < 4.78 is 40.8. The average Bonchev–Trinajstić information content (AvgIpc) is 3.15. The molecule has 0 aliphatic carbocycles. The minimum atomic E-state index is -3.98. The summed E-state index contributed by atoms with van der Waals surface area (Å²) in [5.41, 5.74) is 0.548. The van der Waals surface area contributed by atoms with Crippen molar-refractivity contribution in [2.24, 2.45) is 0 Å². The minimum absolute atomic E-state index is 0.0337. The Balaban J connectivity index is 1.92. The number of hydrogen-bond acceptors (Lipinski definition) is 9. The van der Waals surface area contributed by atoms with Crippen LogP contribution in [0.4, 0.5) is 5.95 Å². The van der Waals surface area contributed by atoms with Gasteiger partial charge in [0.15, 0.2) is 11.6 Å². The maximum Gasteiger partial charge on any atom is 0.240 e. The number of nitrogens with zero attached hydrogens (tertiary/aromatic N) is 6. The molecule has 0 saturated carbocycles. The van der Waals surface area contributed by atoms with Gasteiger partial charge >= 0.3 is 0 Å². The monoisotopic (exact) mass is 467 g/mol. The van der Waals surface area contributed by atoms with E-state index in [1.165, 1.54) is 26.3 Å². The molecular formula is C18H22ClN7O4S. The van der Waals surface area contributed by atoms with Crippen LogP contribution in [-0.4, -0.2) is 64.2 Å². The SMILES string of the molecule is COCCn1c(NS(=O)(=O)[C@@H](C)[C@H](OC)c2nccc(Cl)n2)nnc1-c1ccccn1. The van der Waals surface area contributed by atoms with Gasteiger partial charge in [0, 0.05) is 26.6 Å². The van der Waals surface area contributed by atoms with Crippen LogP contribution in [0.25, 0.3) is 11.5 Å². The van der Waals surface area contributed by atoms with Crippen molar-refractivity contribution in [2.75, 3.05) is 25.5 Å². The molecular weight excluding hydrogens is 446 g/mol. The molecule has 2 atom stereocenters. The number of pyridine rings is 1. The van der Waals surface area contributed by atoms with Gasteiger partial charge in [-0.3, -0.25) is 14.3 Å². The van der Waals surface area contributed by atoms with Crippen LogP contribution >= 0.6 is 11.6 Å². The van der Waals surface area contributed by atoms with Gasteiger partial charge in [0.2, 0.25) is 16.0 Å². The lowest BCUT2D eigenvalue weighted by atomic mass is 10.2. The molecule has 0 bridgehead atoms. The van der Waals surface area contributed by atoms with Crippen LogP contribution in [0.2, 0.25) is 5.15 Å². The molecule has 31 heavy (non-hydrogen) atoms. The van der Waals surface area contributed by atoms with Crippen molar-refractivity contribution in [2.45, 2.75) is 24.8 Å². The molecule has 1 N–H and O–H groups in total. The fourth-order valence-corrected chi connectivity index (χ4v) is 4.13. The van der Waals surface area contributed by atoms with Gasteiger partial charge < -0.3 is 9.47 Å². The van der Waals surface area contributed by atoms with E-state index in [0.717, 1.165) is 0 Å². The van der Waals surface area contributed by atoms with E-state index in [2.05, 4.69) is 29.9 Å². The molecule has 11 nitrogen and oxygen atoms in total. The molecule has 0 unspecified atom stereocenters. The van der Waals surface area contributed by atoms with Gasteiger partial charge in [-0.1, -0.05) is 17.7 Å². The molecule has 3 rings (SSSR count). The molecule has 0 spiro atoms. The van der Waals surface area contributed by atoms with Gasteiger partial charge in [-0.25, -0.2) is 18.4 Å². The number of halogens is 1. The van der Waals surface area contributed by atoms with Crippen molar-refractivity contribution < 1.29 is 17.9 Å². The number of anilines is 1. The van der Waals surface area contributed by atoms with Gasteiger partial charge in [-0.2, -0.15) is 0 Å². The molecule has 0 saturated heterocycles. The third-order valence-electron chi connectivity index (χ3n) is 4.46. The first kappa shape index (κ1) is 23.0. The average molecular weight is 468 g/mol. The first-order chi connectivity index (χ1) is 14.9. The Labute approximate surface area is 184 Å². The number of hydrogen-bond donors (Lipinski definition) is 1. The molecule has 0 radical (unpaired) electrons. The highest BCUT2D eigenvalue weighted by Gasteiger charge is 2.34. The van der Waals surface area contributed by atoms with Crippen molar-refractivity contribution >= 4 is 27.6 Å². The summed E-state index contributed by atoms with van der Waals surface area (Å²) in [6.07, 6.45) is 2.09. The van der Waals surface area contributed by atoms with Crippen molar-refractivity contribution in [3.05, 3.63) is 47.6 Å². The summed E-state index contributed by atoms with van der Waals surface area (Å²) >= 11 is 5.91. The van der Waals surface area contributed by atoms with E-state index in [-0.39, 0.29) is 16.9 Å². The van der Waals surface area contributed by atoms with Gasteiger partial charge in [-0.15, -0.1) is 10.2 Å². The number of sulfonamides is 1. The molecule has 0 fully saturated rings. The van der Waals surface area contributed by atoms with E-state index in [4.69, 9.17) is 21.1 Å². The largest absolute Gasteiger partial charge is 0.383 e. The maximum absolute atomic E-state index is 13.1. The molecule has 166 valence electrons. The third kappa shape index (κ3) is 5.34. The first-order valence-electron chi connectivity index (χ1n) is 9.23. The maximum atomic E-state index is 13.1. The van der Waals surface area contributed by atoms with Crippen LogP contribution in [0, 0.1) is 0 Å². The second-order valence-electron chi connectivity index (χ2n) is 6.45. The van der Waals surface area contributed by atoms with Gasteiger partial charge in [0.1, 0.15) is 22.2 Å². The third-order valence-corrected chi connectivity index (χ3v) is 6.37. The summed E-state index contributed by atoms with van der Waals surface area (Å²) in [4.78, 5) is 12.4. The van der Waals surface area contributed by atoms with Gasteiger partial charge in [-0.05, 0) is 25.1 Å². The molecule has 0 amide bonds. The summed E-state index contributed by atoms with van der Waals surface area (Å²) in [5.74, 6) is 0.596. The number of rotatable bonds is 10. The van der Waals surface area contributed by atoms with E-state index in [0.29, 0.717) is 24.7 Å². The summed E-state index contributed by atoms with van der Waals surface area (Å²) in [5, 5.41) is 7.25. The lowest BCUT2D eigenvalue weighted by Crippen LogP contribution is -2.33. The number of aromatic nitrogens is 6. The molecule has 0 aliphatic heterocycles. The predicted octanol–water partition coefficient (Wildman–Crippen LogP) is 1.95. The topological polar surface area (TPSA) is 134 Å². The zero-order valence-electron chi connectivity index (χ0n) is 17.1. The molecule has 3 aromatic rings. The molecule has 0 aliphatic rings. The van der Waals surface area contributed by atoms with Crippen LogP contribution < -0.4 is 4.72 Å². The summed E-state index contributed by atoms with van der Waals surface area (Å²) in [7, 11) is -1.06. The Morgan fingerprint density at radius 2 is 1.97 bits per heavy atom. The fraction of sp³-hybridized carbons (Fsp3) is 0.389. The Kier molecular flexibility index (Phi) is 7.49. The zero-order chi connectivity index (χ0) is 22.4. The Bertz CT molecular complexity index is 1110. The standard InChI is InChI=1S/C18H22ClN7O4S/c1-12(15(30-3)16-21-9-7-14(19)22-16)31(27,28)25-18-24-23-17(26(18)10-11-29-2)13-6-4-5-8-20-13/h4-9,12,15H,10-11H2,1-3H3,(H,24,25)/t12-,15-/m0/s1. The molecule has 13 heteroatoms. The lowest BCUT2D eigenvalue weighted by molar-refractivity contribution is 0.0950. The van der Waals surface area contributed by atoms with Crippen LogP contribution in [0.5, 0.6) is 0 Å². The van der Waals surface area contributed by atoms with Crippen LogP contribution in [0.1, 0.15) is 18.9 Å². The minimum Gasteiger partial charge on any atom is -0.383 e. The molecule has 3 aromatic heterocycles. The van der Waals surface area contributed by atoms with E-state index in [1.807, 2.05) is 0 Å². The van der Waals surface area contributed by atoms with E-state index in [1.54, 1.807) is 36.1 Å². The van der Waals surface area contributed by atoms with Crippen LogP contribution in [-0.2, 0) is 26.0 Å². The Morgan fingerprint density at radius 1 is 1.16 bits per heavy atom. The van der Waals surface area contributed by atoms with E-state index in [9.17, 15) is 8.42 Å². The van der Waals surface area contributed by atoms with E-state index >= 15 is 0 Å². The Hall–Kier alpha value is -2.67. The number of nitrogens with one attached hydrogen (secondary N) is 1. The van der Waals surface area contributed by atoms with Crippen molar-refractivity contribution in [3.63, 3.8) is 0 Å². The van der Waals surface area contributed by atoms with Gasteiger partial charge in [0.05, 0.1) is 13.2 Å². The quantitative estimate of drug-likeness (QED) is 0.444. The lowest BCUT2D eigenvalue weighted by Gasteiger charge is -2.22. The van der Waals surface area contributed by atoms with Crippen molar-refractivity contribution in [1.82, 2.24) is 29.7 Å². The second-order valence-corrected chi connectivity index (χ2v) is 8.88. The fourth-order valence-electron chi connectivity index (χ4n) is 2.84. The normalized spacial score (nSPS) is 13.7. The smallest absolute Gasteiger partial charge is 0.240 e. The zero-order valence-corrected chi connectivity index (χ0v) is 18.7. The summed E-state index contributed by atoms with van der Waals surface area (Å²) in [6.45, 7) is 2.11.